The molecule has 6 nitrogen and oxygen atoms in total. The Hall–Kier alpha value is -3.51. The van der Waals surface area contributed by atoms with E-state index >= 15 is 0 Å². The molecule has 7 heteroatoms. The van der Waals surface area contributed by atoms with Crippen LogP contribution in [0.15, 0.2) is 57.7 Å². The molecule has 0 unspecified atom stereocenters. The molecule has 0 saturated heterocycles. The molecule has 0 aliphatic heterocycles. The van der Waals surface area contributed by atoms with Gasteiger partial charge in [0.15, 0.2) is 5.43 Å². The molecule has 158 valence electrons. The van der Waals surface area contributed by atoms with Crippen LogP contribution in [-0.4, -0.2) is 20.2 Å². The minimum Gasteiger partial charge on any atom is -0.496 e. The summed E-state index contributed by atoms with van der Waals surface area (Å²) in [5, 5.41) is 1.75. The van der Waals surface area contributed by atoms with Gasteiger partial charge in [0.05, 0.1) is 35.6 Å². The van der Waals surface area contributed by atoms with Gasteiger partial charge in [-0.15, -0.1) is 0 Å². The zero-order chi connectivity index (χ0) is 22.1. The van der Waals surface area contributed by atoms with Crippen LogP contribution in [0, 0.1) is 6.92 Å². The summed E-state index contributed by atoms with van der Waals surface area (Å²) in [6, 6.07) is 13.4. The molecule has 1 heterocycles. The first kappa shape index (κ1) is 20.8. The van der Waals surface area contributed by atoms with Crippen molar-refractivity contribution in [2.75, 3.05) is 14.2 Å². The molecular formula is C24H19ClO6. The Bertz CT molecular complexity index is 1360. The van der Waals surface area contributed by atoms with Crippen LogP contribution in [0.2, 0.25) is 5.02 Å². The minimum atomic E-state index is -0.494. The predicted molar refractivity (Wildman–Crippen MR) is 118 cm³/mol. The first-order valence-electron chi connectivity index (χ1n) is 9.47. The number of fused-ring (bicyclic) bond motifs is 3. The molecule has 31 heavy (non-hydrogen) atoms. The van der Waals surface area contributed by atoms with Crippen molar-refractivity contribution in [2.24, 2.45) is 0 Å². The van der Waals surface area contributed by atoms with Crippen LogP contribution in [0.1, 0.15) is 21.7 Å². The third-order valence-corrected chi connectivity index (χ3v) is 5.25. The van der Waals surface area contributed by atoms with Crippen molar-refractivity contribution in [1.82, 2.24) is 0 Å². The number of ether oxygens (including phenoxy) is 3. The summed E-state index contributed by atoms with van der Waals surface area (Å²) < 4.78 is 22.4. The van der Waals surface area contributed by atoms with E-state index in [4.69, 9.17) is 30.2 Å². The van der Waals surface area contributed by atoms with Crippen LogP contribution < -0.4 is 14.9 Å². The van der Waals surface area contributed by atoms with Crippen LogP contribution in [0.5, 0.6) is 11.5 Å². The highest BCUT2D eigenvalue weighted by molar-refractivity contribution is 6.34. The van der Waals surface area contributed by atoms with Gasteiger partial charge in [0, 0.05) is 23.1 Å². The first-order chi connectivity index (χ1) is 14.9. The van der Waals surface area contributed by atoms with Gasteiger partial charge in [-0.3, -0.25) is 4.79 Å². The number of carbonyl (C=O) groups excluding carboxylic acids is 1. The third-order valence-electron chi connectivity index (χ3n) is 4.97. The van der Waals surface area contributed by atoms with E-state index in [9.17, 15) is 9.59 Å². The monoisotopic (exact) mass is 438 g/mol. The summed E-state index contributed by atoms with van der Waals surface area (Å²) in [4.78, 5) is 25.4. The lowest BCUT2D eigenvalue weighted by Crippen LogP contribution is -2.09. The zero-order valence-corrected chi connectivity index (χ0v) is 17.9. The summed E-state index contributed by atoms with van der Waals surface area (Å²) in [6.07, 6.45) is 0. The fourth-order valence-corrected chi connectivity index (χ4v) is 3.88. The maximum atomic E-state index is 12.9. The van der Waals surface area contributed by atoms with Crippen LogP contribution in [-0.2, 0) is 11.3 Å². The van der Waals surface area contributed by atoms with E-state index < -0.39 is 5.97 Å². The van der Waals surface area contributed by atoms with Crippen molar-refractivity contribution >= 4 is 39.3 Å². The zero-order valence-electron chi connectivity index (χ0n) is 17.2. The standard InChI is InChI=1S/C24H19ClO6/c1-13-9-18(26)20-15(12-30-24(27)14-7-5-4-6-8-14)10-16-19(28-2)11-17(25)22(29-3)21(16)23(20)31-13/h4-11H,12H2,1-3H3. The van der Waals surface area contributed by atoms with Gasteiger partial charge in [-0.25, -0.2) is 4.79 Å². The van der Waals surface area contributed by atoms with Crippen molar-refractivity contribution in [3.63, 3.8) is 0 Å². The fourth-order valence-electron chi connectivity index (χ4n) is 3.61. The Morgan fingerprint density at radius 1 is 1.03 bits per heavy atom. The van der Waals surface area contributed by atoms with Crippen molar-refractivity contribution in [2.45, 2.75) is 13.5 Å². The number of benzene rings is 3. The molecule has 0 radical (unpaired) electrons. The summed E-state index contributed by atoms with van der Waals surface area (Å²) in [7, 11) is 3.01. The Kier molecular flexibility index (Phi) is 5.57. The molecule has 4 aromatic rings. The Morgan fingerprint density at radius 3 is 2.45 bits per heavy atom. The lowest BCUT2D eigenvalue weighted by atomic mass is 9.99. The minimum absolute atomic E-state index is 0.123. The molecule has 0 N–H and O–H groups in total. The maximum absolute atomic E-state index is 12.9. The molecule has 0 atom stereocenters. The highest BCUT2D eigenvalue weighted by atomic mass is 35.5. The normalized spacial score (nSPS) is 11.0. The third kappa shape index (κ3) is 3.70. The van der Waals surface area contributed by atoms with Gasteiger partial charge in [-0.05, 0) is 25.1 Å². The molecule has 0 saturated carbocycles. The van der Waals surface area contributed by atoms with E-state index in [0.717, 1.165) is 0 Å². The maximum Gasteiger partial charge on any atom is 0.338 e. The molecule has 0 aliphatic carbocycles. The second kappa shape index (κ2) is 8.32. The molecule has 0 bridgehead atoms. The topological polar surface area (TPSA) is 75.0 Å². The number of carbonyl (C=O) groups is 1. The van der Waals surface area contributed by atoms with Gasteiger partial charge in [-0.2, -0.15) is 0 Å². The molecule has 1 aromatic heterocycles. The highest BCUT2D eigenvalue weighted by Crippen LogP contribution is 2.43. The second-order valence-electron chi connectivity index (χ2n) is 6.92. The number of halogens is 1. The number of hydrogen-bond donors (Lipinski definition) is 0. The van der Waals surface area contributed by atoms with E-state index in [0.29, 0.717) is 55.2 Å². The van der Waals surface area contributed by atoms with Crippen molar-refractivity contribution in [3.05, 3.63) is 80.7 Å². The van der Waals surface area contributed by atoms with Crippen LogP contribution in [0.25, 0.3) is 21.7 Å². The first-order valence-corrected chi connectivity index (χ1v) is 9.85. The number of methoxy groups -OCH3 is 2. The Balaban J connectivity index is 1.96. The van der Waals surface area contributed by atoms with Gasteiger partial charge in [0.1, 0.15) is 29.4 Å². The largest absolute Gasteiger partial charge is 0.496 e. The van der Waals surface area contributed by atoms with E-state index in [1.807, 2.05) is 6.07 Å². The Morgan fingerprint density at radius 2 is 1.77 bits per heavy atom. The fraction of sp³-hybridized carbons (Fsp3) is 0.167. The number of hydrogen-bond acceptors (Lipinski definition) is 6. The number of esters is 1. The molecule has 0 spiro atoms. The van der Waals surface area contributed by atoms with E-state index in [-0.39, 0.29) is 12.0 Å². The lowest BCUT2D eigenvalue weighted by Gasteiger charge is -2.16. The average Bonchev–Trinajstić information content (AvgIpc) is 2.77. The van der Waals surface area contributed by atoms with Crippen molar-refractivity contribution in [3.8, 4) is 11.5 Å². The lowest BCUT2D eigenvalue weighted by molar-refractivity contribution is 0.0474. The van der Waals surface area contributed by atoms with Gasteiger partial charge < -0.3 is 18.6 Å². The molecular weight excluding hydrogens is 420 g/mol. The Labute approximate surface area is 182 Å². The van der Waals surface area contributed by atoms with E-state index in [1.54, 1.807) is 43.3 Å². The van der Waals surface area contributed by atoms with E-state index in [2.05, 4.69) is 0 Å². The highest BCUT2D eigenvalue weighted by Gasteiger charge is 2.22. The predicted octanol–water partition coefficient (Wildman–Crippen LogP) is 5.28. The number of aryl methyl sites for hydroxylation is 1. The molecule has 0 amide bonds. The molecule has 0 fully saturated rings. The van der Waals surface area contributed by atoms with Gasteiger partial charge in [0.2, 0.25) is 0 Å². The molecule has 3 aromatic carbocycles. The summed E-state index contributed by atoms with van der Waals surface area (Å²) >= 11 is 6.38. The molecule has 4 rings (SSSR count). The summed E-state index contributed by atoms with van der Waals surface area (Å²) in [6.45, 7) is 1.56. The SMILES string of the molecule is COc1cc(Cl)c(OC)c2c1cc(COC(=O)c1ccccc1)c1c(=O)cc(C)oc12. The van der Waals surface area contributed by atoms with E-state index in [1.165, 1.54) is 20.3 Å². The quantitative estimate of drug-likeness (QED) is 0.311. The summed E-state index contributed by atoms with van der Waals surface area (Å²) in [5.41, 5.74) is 0.947. The van der Waals surface area contributed by atoms with Crippen molar-refractivity contribution in [1.29, 1.82) is 0 Å². The second-order valence-corrected chi connectivity index (χ2v) is 7.33. The van der Waals surface area contributed by atoms with Crippen LogP contribution in [0.3, 0.4) is 0 Å². The van der Waals surface area contributed by atoms with Gasteiger partial charge >= 0.3 is 5.97 Å². The van der Waals surface area contributed by atoms with Crippen molar-refractivity contribution < 1.29 is 23.4 Å². The van der Waals surface area contributed by atoms with Gasteiger partial charge in [-0.1, -0.05) is 29.8 Å². The summed E-state index contributed by atoms with van der Waals surface area (Å²) in [5.74, 6) is 0.774. The molecule has 0 aliphatic rings. The van der Waals surface area contributed by atoms with Crippen LogP contribution in [0.4, 0.5) is 0 Å². The van der Waals surface area contributed by atoms with Gasteiger partial charge in [0.25, 0.3) is 0 Å². The average molecular weight is 439 g/mol. The van der Waals surface area contributed by atoms with Crippen LogP contribution >= 0.6 is 11.6 Å². The smallest absolute Gasteiger partial charge is 0.338 e. The number of rotatable bonds is 5.